The van der Waals surface area contributed by atoms with Crippen LogP contribution < -0.4 is 19.7 Å². The molecule has 1 aromatic heterocycles. The zero-order valence-corrected chi connectivity index (χ0v) is 19.1. The van der Waals surface area contributed by atoms with E-state index in [1.54, 1.807) is 11.3 Å². The molecule has 3 heterocycles. The third kappa shape index (κ3) is 4.38. The van der Waals surface area contributed by atoms with Crippen LogP contribution in [-0.4, -0.2) is 67.8 Å². The Morgan fingerprint density at radius 1 is 1.12 bits per heavy atom. The van der Waals surface area contributed by atoms with Crippen LogP contribution in [0.3, 0.4) is 0 Å². The molecule has 1 saturated heterocycles. The topological polar surface area (TPSA) is 66.9 Å². The van der Waals surface area contributed by atoms with Crippen LogP contribution in [0.5, 0.6) is 11.5 Å². The van der Waals surface area contributed by atoms with Gasteiger partial charge >= 0.3 is 0 Å². The number of thiazole rings is 1. The van der Waals surface area contributed by atoms with E-state index in [2.05, 4.69) is 40.2 Å². The number of carbonyl (C=O) groups excluding carboxylic acids is 1. The van der Waals surface area contributed by atoms with Crippen LogP contribution in [0.25, 0.3) is 10.2 Å². The second-order valence-corrected chi connectivity index (χ2v) is 9.11. The number of piperazine rings is 1. The van der Waals surface area contributed by atoms with E-state index in [-0.39, 0.29) is 12.5 Å². The molecule has 0 saturated carbocycles. The fourth-order valence-corrected chi connectivity index (χ4v) is 5.24. The van der Waals surface area contributed by atoms with Crippen LogP contribution in [0.2, 0.25) is 0 Å². The predicted molar refractivity (Wildman–Crippen MR) is 127 cm³/mol. The molecule has 168 valence electrons. The fourth-order valence-electron chi connectivity index (χ4n) is 4.18. The molecule has 2 aliphatic heterocycles. The quantitative estimate of drug-likeness (QED) is 0.620. The van der Waals surface area contributed by atoms with Crippen molar-refractivity contribution in [2.24, 2.45) is 0 Å². The van der Waals surface area contributed by atoms with Crippen molar-refractivity contribution in [2.45, 2.75) is 19.4 Å². The number of amides is 1. The van der Waals surface area contributed by atoms with Crippen LogP contribution >= 0.6 is 11.3 Å². The van der Waals surface area contributed by atoms with E-state index in [4.69, 9.17) is 14.5 Å². The van der Waals surface area contributed by atoms with Gasteiger partial charge in [0.15, 0.2) is 16.6 Å². The Labute approximate surface area is 191 Å². The van der Waals surface area contributed by atoms with Crippen molar-refractivity contribution in [3.63, 3.8) is 0 Å². The van der Waals surface area contributed by atoms with E-state index in [1.165, 1.54) is 10.3 Å². The summed E-state index contributed by atoms with van der Waals surface area (Å²) in [5.41, 5.74) is 2.46. The van der Waals surface area contributed by atoms with Gasteiger partial charge in [-0.25, -0.2) is 4.98 Å². The maximum atomic E-state index is 12.5. The number of aryl methyl sites for hydroxylation is 1. The summed E-state index contributed by atoms with van der Waals surface area (Å²) in [6.45, 7) is 7.66. The Balaban J connectivity index is 1.08. The van der Waals surface area contributed by atoms with Crippen molar-refractivity contribution in [1.29, 1.82) is 0 Å². The third-order valence-electron chi connectivity index (χ3n) is 6.04. The lowest BCUT2D eigenvalue weighted by Gasteiger charge is -2.34. The largest absolute Gasteiger partial charge is 0.485 e. The zero-order valence-electron chi connectivity index (χ0n) is 18.3. The predicted octanol–water partition coefficient (Wildman–Crippen LogP) is 2.94. The van der Waals surface area contributed by atoms with Gasteiger partial charge in [0.05, 0.1) is 10.2 Å². The molecular formula is C24H28N4O3S. The van der Waals surface area contributed by atoms with Gasteiger partial charge in [0, 0.05) is 39.3 Å². The Morgan fingerprint density at radius 3 is 2.75 bits per heavy atom. The van der Waals surface area contributed by atoms with Crippen LogP contribution in [0, 0.1) is 0 Å². The van der Waals surface area contributed by atoms with Gasteiger partial charge < -0.3 is 19.7 Å². The SMILES string of the molecule is CCc1cccc2sc(N3CCN(CCNC(=O)C4COc5ccccc5O4)CC3)nc12. The van der Waals surface area contributed by atoms with Crippen molar-refractivity contribution in [1.82, 2.24) is 15.2 Å². The molecule has 1 N–H and O–H groups in total. The van der Waals surface area contributed by atoms with Gasteiger partial charge in [-0.15, -0.1) is 0 Å². The summed E-state index contributed by atoms with van der Waals surface area (Å²) in [5, 5.41) is 4.11. The van der Waals surface area contributed by atoms with Gasteiger partial charge in [0.2, 0.25) is 6.10 Å². The second kappa shape index (κ2) is 9.34. The van der Waals surface area contributed by atoms with Crippen LogP contribution in [0.15, 0.2) is 42.5 Å². The Hall–Kier alpha value is -2.84. The van der Waals surface area contributed by atoms with Gasteiger partial charge in [-0.05, 0) is 30.2 Å². The monoisotopic (exact) mass is 452 g/mol. The number of ether oxygens (including phenoxy) is 2. The molecule has 0 bridgehead atoms. The van der Waals surface area contributed by atoms with Crippen LogP contribution in [0.4, 0.5) is 5.13 Å². The summed E-state index contributed by atoms with van der Waals surface area (Å²) >= 11 is 1.78. The summed E-state index contributed by atoms with van der Waals surface area (Å²) in [7, 11) is 0. The van der Waals surface area contributed by atoms with Crippen molar-refractivity contribution in [2.75, 3.05) is 50.8 Å². The normalized spacial score (nSPS) is 18.7. The number of aromatic nitrogens is 1. The summed E-state index contributed by atoms with van der Waals surface area (Å²) in [4.78, 5) is 22.2. The van der Waals surface area contributed by atoms with E-state index in [1.807, 2.05) is 24.3 Å². The molecule has 3 aromatic rings. The van der Waals surface area contributed by atoms with Crippen molar-refractivity contribution >= 4 is 32.6 Å². The van der Waals surface area contributed by atoms with Gasteiger partial charge in [0.1, 0.15) is 6.61 Å². The molecule has 2 aliphatic rings. The number of anilines is 1. The number of carbonyl (C=O) groups is 1. The van der Waals surface area contributed by atoms with E-state index in [0.717, 1.165) is 49.8 Å². The zero-order chi connectivity index (χ0) is 21.9. The maximum absolute atomic E-state index is 12.5. The highest BCUT2D eigenvalue weighted by Gasteiger charge is 2.27. The molecule has 1 unspecified atom stereocenters. The molecule has 8 heteroatoms. The Bertz CT molecular complexity index is 1090. The minimum Gasteiger partial charge on any atom is -0.485 e. The van der Waals surface area contributed by atoms with E-state index >= 15 is 0 Å². The Morgan fingerprint density at radius 2 is 1.94 bits per heavy atom. The third-order valence-corrected chi connectivity index (χ3v) is 7.12. The molecule has 1 atom stereocenters. The molecule has 2 aromatic carbocycles. The molecule has 5 rings (SSSR count). The highest BCUT2D eigenvalue weighted by atomic mass is 32.1. The number of rotatable bonds is 6. The molecule has 0 spiro atoms. The van der Waals surface area contributed by atoms with Crippen molar-refractivity contribution < 1.29 is 14.3 Å². The summed E-state index contributed by atoms with van der Waals surface area (Å²) in [6, 6.07) is 13.9. The Kier molecular flexibility index (Phi) is 6.14. The van der Waals surface area contributed by atoms with E-state index in [0.29, 0.717) is 18.0 Å². The molecule has 1 amide bonds. The van der Waals surface area contributed by atoms with Gasteiger partial charge in [-0.1, -0.05) is 42.5 Å². The summed E-state index contributed by atoms with van der Waals surface area (Å²) in [5.74, 6) is 1.18. The number of nitrogens with zero attached hydrogens (tertiary/aromatic N) is 3. The second-order valence-electron chi connectivity index (χ2n) is 8.10. The number of nitrogens with one attached hydrogen (secondary N) is 1. The number of hydrogen-bond donors (Lipinski definition) is 1. The molecule has 0 aliphatic carbocycles. The molecular weight excluding hydrogens is 424 g/mol. The molecule has 0 radical (unpaired) electrons. The first kappa shape index (κ1) is 21.0. The lowest BCUT2D eigenvalue weighted by atomic mass is 10.1. The first-order valence-electron chi connectivity index (χ1n) is 11.2. The molecule has 1 fully saturated rings. The average Bonchev–Trinajstić information content (AvgIpc) is 3.28. The minimum atomic E-state index is -0.603. The van der Waals surface area contributed by atoms with Gasteiger partial charge in [-0.3, -0.25) is 9.69 Å². The summed E-state index contributed by atoms with van der Waals surface area (Å²) in [6.07, 6.45) is 0.402. The van der Waals surface area contributed by atoms with Crippen LogP contribution in [-0.2, 0) is 11.2 Å². The number of fused-ring (bicyclic) bond motifs is 2. The number of benzene rings is 2. The maximum Gasteiger partial charge on any atom is 0.264 e. The van der Waals surface area contributed by atoms with Crippen LogP contribution in [0.1, 0.15) is 12.5 Å². The van der Waals surface area contributed by atoms with E-state index < -0.39 is 6.10 Å². The smallest absolute Gasteiger partial charge is 0.264 e. The minimum absolute atomic E-state index is 0.126. The molecule has 32 heavy (non-hydrogen) atoms. The standard InChI is InChI=1S/C24H28N4O3S/c1-2-17-6-5-9-21-22(17)26-24(32-21)28-14-12-27(13-15-28)11-10-25-23(29)20-16-30-18-7-3-4-8-19(18)31-20/h3-9,20H,2,10-16H2,1H3,(H,25,29). The number of hydrogen-bond acceptors (Lipinski definition) is 7. The first-order chi connectivity index (χ1) is 15.7. The first-order valence-corrected chi connectivity index (χ1v) is 12.0. The van der Waals surface area contributed by atoms with Crippen molar-refractivity contribution in [3.8, 4) is 11.5 Å². The lowest BCUT2D eigenvalue weighted by Crippen LogP contribution is -2.50. The number of para-hydroxylation sites is 3. The lowest BCUT2D eigenvalue weighted by molar-refractivity contribution is -0.130. The highest BCUT2D eigenvalue weighted by molar-refractivity contribution is 7.22. The molecule has 7 nitrogen and oxygen atoms in total. The van der Waals surface area contributed by atoms with E-state index in [9.17, 15) is 4.79 Å². The average molecular weight is 453 g/mol. The highest BCUT2D eigenvalue weighted by Crippen LogP contribution is 2.32. The van der Waals surface area contributed by atoms with Crippen molar-refractivity contribution in [3.05, 3.63) is 48.0 Å². The fraction of sp³-hybridized carbons (Fsp3) is 0.417. The van der Waals surface area contributed by atoms with Gasteiger partial charge in [0.25, 0.3) is 5.91 Å². The van der Waals surface area contributed by atoms with Gasteiger partial charge in [-0.2, -0.15) is 0 Å². The summed E-state index contributed by atoms with van der Waals surface area (Å²) < 4.78 is 12.7.